The van der Waals surface area contributed by atoms with Crippen LogP contribution in [-0.2, 0) is 24.5 Å². The summed E-state index contributed by atoms with van der Waals surface area (Å²) < 4.78 is 5.85. The molecule has 2 saturated carbocycles. The first kappa shape index (κ1) is 26.9. The van der Waals surface area contributed by atoms with E-state index in [4.69, 9.17) is 4.12 Å². The number of hydrogen-bond donors (Lipinski definition) is 0. The normalized spacial score (nSPS) is 21.2. The molecule has 29 heavy (non-hydrogen) atoms. The molecule has 6 heteroatoms. The van der Waals surface area contributed by atoms with Crippen molar-refractivity contribution in [3.05, 3.63) is 37.0 Å². The van der Waals surface area contributed by atoms with Crippen molar-refractivity contribution in [3.8, 4) is 0 Å². The molecule has 0 amide bonds. The van der Waals surface area contributed by atoms with Gasteiger partial charge in [-0.05, 0) is 25.7 Å². The van der Waals surface area contributed by atoms with Crippen LogP contribution in [0.4, 0.5) is 0 Å². The Labute approximate surface area is 196 Å². The second kappa shape index (κ2) is 12.7. The molecule has 0 saturated heterocycles. The Hall–Kier alpha value is -0.124. The molecule has 0 unspecified atom stereocenters. The van der Waals surface area contributed by atoms with Crippen molar-refractivity contribution in [2.24, 2.45) is 0 Å². The smallest absolute Gasteiger partial charge is 0.506 e. The maximum Gasteiger partial charge on any atom is 2.00 e. The van der Waals surface area contributed by atoms with E-state index in [0.717, 1.165) is 12.1 Å². The van der Waals surface area contributed by atoms with Crippen molar-refractivity contribution < 1.29 is 24.5 Å². The van der Waals surface area contributed by atoms with E-state index in [1.54, 1.807) is 0 Å². The summed E-state index contributed by atoms with van der Waals surface area (Å²) >= 11 is 0. The van der Waals surface area contributed by atoms with Gasteiger partial charge in [0.15, 0.2) is 0 Å². The largest absolute Gasteiger partial charge is 2.00 e. The van der Waals surface area contributed by atoms with Crippen LogP contribution in [0.15, 0.2) is 25.6 Å². The molecule has 0 aromatic heterocycles. The van der Waals surface area contributed by atoms with Crippen LogP contribution in [0.3, 0.4) is 0 Å². The van der Waals surface area contributed by atoms with Gasteiger partial charge in [-0.25, -0.2) is 0 Å². The summed E-state index contributed by atoms with van der Waals surface area (Å²) in [5.41, 5.74) is 5.93. The van der Waals surface area contributed by atoms with Gasteiger partial charge in [0.25, 0.3) is 0 Å². The molecule has 3 aliphatic rings. The van der Waals surface area contributed by atoms with E-state index in [1.807, 2.05) is 0 Å². The van der Waals surface area contributed by atoms with Crippen molar-refractivity contribution in [1.29, 1.82) is 0 Å². The first-order valence-corrected chi connectivity index (χ1v) is 17.1. The Morgan fingerprint density at radius 2 is 1.07 bits per heavy atom. The van der Waals surface area contributed by atoms with E-state index in [9.17, 15) is 0 Å². The molecule has 3 rings (SSSR count). The first-order chi connectivity index (χ1) is 13.3. The average Bonchev–Trinajstić information content (AvgIpc) is 3.19. The maximum atomic E-state index is 5.85. The molecule has 0 aromatic rings. The molecule has 0 spiro atoms. The minimum absolute atomic E-state index is 0. The summed E-state index contributed by atoms with van der Waals surface area (Å²) in [6.45, 7) is 16.8. The molecule has 3 nitrogen and oxygen atoms in total. The second-order valence-electron chi connectivity index (χ2n) is 9.53. The number of nitrogens with zero attached hydrogens (tertiary/aromatic N) is 2. The molecular weight excluding hydrogens is 483 g/mol. The van der Waals surface area contributed by atoms with Gasteiger partial charge in [0.2, 0.25) is 0 Å². The molecule has 168 valence electrons. The predicted octanol–water partition coefficient (Wildman–Crippen LogP) is 6.17. The summed E-state index contributed by atoms with van der Waals surface area (Å²) in [4.78, 5) is 5.21. The molecule has 0 bridgehead atoms. The zero-order chi connectivity index (χ0) is 20.6. The van der Waals surface area contributed by atoms with Crippen molar-refractivity contribution in [2.75, 3.05) is 6.67 Å². The molecule has 0 aromatic carbocycles. The van der Waals surface area contributed by atoms with Crippen molar-refractivity contribution in [3.63, 3.8) is 0 Å². The minimum Gasteiger partial charge on any atom is -0.506 e. The maximum absolute atomic E-state index is 5.85. The molecule has 2 aliphatic carbocycles. The fourth-order valence-corrected chi connectivity index (χ4v) is 10.1. The van der Waals surface area contributed by atoms with Crippen LogP contribution in [0.25, 0.3) is 0 Å². The number of hydrogen-bond acceptors (Lipinski definition) is 3. The van der Waals surface area contributed by atoms with Gasteiger partial charge in [-0.1, -0.05) is 64.7 Å². The van der Waals surface area contributed by atoms with E-state index in [0.29, 0.717) is 0 Å². The van der Waals surface area contributed by atoms with Crippen LogP contribution in [0, 0.1) is 11.4 Å². The summed E-state index contributed by atoms with van der Waals surface area (Å²) in [7, 11) is -3.47. The predicted molar refractivity (Wildman–Crippen MR) is 125 cm³/mol. The summed E-state index contributed by atoms with van der Waals surface area (Å²) in [5, 5.41) is 0. The zero-order valence-electron chi connectivity index (χ0n) is 19.1. The van der Waals surface area contributed by atoms with Gasteiger partial charge in [0, 0.05) is 41.1 Å². The van der Waals surface area contributed by atoms with E-state index in [-0.39, 0.29) is 20.4 Å². The summed E-state index contributed by atoms with van der Waals surface area (Å²) in [6, 6.07) is 1.68. The third-order valence-corrected chi connectivity index (χ3v) is 12.0. The van der Waals surface area contributed by atoms with E-state index in [2.05, 4.69) is 72.9 Å². The molecule has 0 N–H and O–H groups in total. The molecular formula is C23H42N2OPdSi2. The van der Waals surface area contributed by atoms with Crippen LogP contribution in [0.5, 0.6) is 0 Å². The fraction of sp³-hybridized carbons (Fsp3) is 0.739. The van der Waals surface area contributed by atoms with Gasteiger partial charge < -0.3 is 25.3 Å². The van der Waals surface area contributed by atoms with Crippen LogP contribution < -0.4 is 0 Å². The van der Waals surface area contributed by atoms with Crippen LogP contribution in [0.2, 0.25) is 26.2 Å². The van der Waals surface area contributed by atoms with Crippen LogP contribution >= 0.6 is 0 Å². The third kappa shape index (κ3) is 9.27. The van der Waals surface area contributed by atoms with Gasteiger partial charge in [-0.15, -0.1) is 0 Å². The zero-order valence-corrected chi connectivity index (χ0v) is 22.7. The molecule has 2 fully saturated rings. The van der Waals surface area contributed by atoms with E-state index >= 15 is 0 Å². The molecule has 0 radical (unpaired) electrons. The first-order valence-electron chi connectivity index (χ1n) is 11.2. The fourth-order valence-electron chi connectivity index (χ4n) is 4.46. The standard InChI is InChI=1S/C15H26N2.C8H16OSi2.Pd/c1-3-7-14(8-4-1)16-11-12-17(13-16)15-9-5-2-6-10-15;1-7-10(3,4)9-11(5,6)8-2;/h11-12,14-15H,1-10,13H2;1-2H2,3-6H3;/q;-2;+2. The SMILES string of the molecule is C1=CN(C2CCCCC2)CN1C1CCCCC1.C=[C-][Si](C)(C)O[Si](C)(C)[C-]=C.[Pd+2]. The third-order valence-electron chi connectivity index (χ3n) is 6.23. The van der Waals surface area contributed by atoms with Crippen LogP contribution in [0.1, 0.15) is 64.2 Å². The van der Waals surface area contributed by atoms with Crippen molar-refractivity contribution >= 4 is 16.6 Å². The van der Waals surface area contributed by atoms with Gasteiger partial charge in [0.1, 0.15) is 0 Å². The summed E-state index contributed by atoms with van der Waals surface area (Å²) in [6.07, 6.45) is 19.1. The van der Waals surface area contributed by atoms with Gasteiger partial charge >= 0.3 is 20.4 Å². The second-order valence-corrected chi connectivity index (χ2v) is 17.1. The minimum atomic E-state index is -1.74. The van der Waals surface area contributed by atoms with Gasteiger partial charge in [0.05, 0.1) is 6.67 Å². The molecule has 1 aliphatic heterocycles. The van der Waals surface area contributed by atoms with Crippen molar-refractivity contribution in [1.82, 2.24) is 9.80 Å². The van der Waals surface area contributed by atoms with Crippen LogP contribution in [-0.4, -0.2) is 45.2 Å². The van der Waals surface area contributed by atoms with E-state index < -0.39 is 16.6 Å². The monoisotopic (exact) mass is 524 g/mol. The Morgan fingerprint density at radius 1 is 0.724 bits per heavy atom. The topological polar surface area (TPSA) is 15.7 Å². The Balaban J connectivity index is 0.000000310. The molecule has 0 atom stereocenters. The summed E-state index contributed by atoms with van der Waals surface area (Å²) in [5.74, 6) is 0. The Bertz CT molecular complexity index is 483. The van der Waals surface area contributed by atoms with E-state index in [1.165, 1.54) is 70.9 Å². The molecule has 1 heterocycles. The average molecular weight is 525 g/mol. The quantitative estimate of drug-likeness (QED) is 0.305. The van der Waals surface area contributed by atoms with Gasteiger partial charge in [-0.2, -0.15) is 0 Å². The van der Waals surface area contributed by atoms with Gasteiger partial charge in [-0.3, -0.25) is 13.2 Å². The number of rotatable bonds is 6. The Morgan fingerprint density at radius 3 is 1.38 bits per heavy atom. The van der Waals surface area contributed by atoms with Crippen molar-refractivity contribution in [2.45, 2.75) is 102 Å². The Kier molecular flexibility index (Phi) is 11.8.